The Balaban J connectivity index is 1.87. The summed E-state index contributed by atoms with van der Waals surface area (Å²) < 4.78 is 5.61. The van der Waals surface area contributed by atoms with Gasteiger partial charge in [-0.15, -0.1) is 0 Å². The predicted octanol–water partition coefficient (Wildman–Crippen LogP) is 3.44. The molecule has 6 heteroatoms. The smallest absolute Gasteiger partial charge is 0.226 e. The lowest BCUT2D eigenvalue weighted by Gasteiger charge is -2.17. The van der Waals surface area contributed by atoms with Gasteiger partial charge in [0.1, 0.15) is 12.0 Å². The number of hydrogen-bond donors (Lipinski definition) is 2. The minimum absolute atomic E-state index is 0.483. The number of nitrogens with one attached hydrogen (secondary N) is 2. The molecule has 0 unspecified atom stereocenters. The van der Waals surface area contributed by atoms with Crippen LogP contribution in [0.25, 0.3) is 11.5 Å². The fourth-order valence-electron chi connectivity index (χ4n) is 2.62. The summed E-state index contributed by atoms with van der Waals surface area (Å²) in [6.45, 7) is 10.6. The molecule has 0 aliphatic heterocycles. The van der Waals surface area contributed by atoms with Gasteiger partial charge >= 0.3 is 0 Å². The van der Waals surface area contributed by atoms with Gasteiger partial charge in [0.25, 0.3) is 0 Å². The standard InChI is InChI=1S/C21H33N5O/c1-5-7-13-26(4)14-12-23-21(22-6-2)24-15-19-16-27-20(25-19)18-10-8-17(3)9-11-18/h8-11,16H,5-7,12-15H2,1-4H3,(H2,22,23,24). The molecule has 6 nitrogen and oxygen atoms in total. The van der Waals surface area contributed by atoms with Gasteiger partial charge in [-0.05, 0) is 46.0 Å². The monoisotopic (exact) mass is 371 g/mol. The topological polar surface area (TPSA) is 65.7 Å². The highest BCUT2D eigenvalue weighted by Crippen LogP contribution is 2.19. The number of aryl methyl sites for hydroxylation is 1. The van der Waals surface area contributed by atoms with Crippen molar-refractivity contribution in [3.8, 4) is 11.5 Å². The van der Waals surface area contributed by atoms with E-state index >= 15 is 0 Å². The van der Waals surface area contributed by atoms with Gasteiger partial charge in [0.15, 0.2) is 5.96 Å². The molecule has 0 saturated carbocycles. The van der Waals surface area contributed by atoms with Gasteiger partial charge in [-0.25, -0.2) is 9.98 Å². The largest absolute Gasteiger partial charge is 0.444 e. The Morgan fingerprint density at radius 3 is 2.63 bits per heavy atom. The average Bonchev–Trinajstić information content (AvgIpc) is 3.14. The van der Waals surface area contributed by atoms with Gasteiger partial charge in [0, 0.05) is 25.2 Å². The molecule has 1 aromatic heterocycles. The highest BCUT2D eigenvalue weighted by atomic mass is 16.3. The second-order valence-corrected chi connectivity index (χ2v) is 6.79. The summed E-state index contributed by atoms with van der Waals surface area (Å²) in [7, 11) is 2.16. The molecule has 1 aromatic carbocycles. The van der Waals surface area contributed by atoms with Crippen molar-refractivity contribution in [2.45, 2.75) is 40.2 Å². The van der Waals surface area contributed by atoms with Gasteiger partial charge in [0.05, 0.1) is 6.54 Å². The summed E-state index contributed by atoms with van der Waals surface area (Å²) in [5, 5.41) is 6.66. The first-order chi connectivity index (χ1) is 13.1. The zero-order valence-corrected chi connectivity index (χ0v) is 17.1. The Labute approximate surface area is 163 Å². The normalized spacial score (nSPS) is 11.8. The maximum Gasteiger partial charge on any atom is 0.226 e. The number of likely N-dealkylation sites (N-methyl/N-ethyl adjacent to an activating group) is 1. The number of guanidine groups is 1. The summed E-state index contributed by atoms with van der Waals surface area (Å²) >= 11 is 0. The molecule has 0 radical (unpaired) electrons. The van der Waals surface area contributed by atoms with E-state index in [2.05, 4.69) is 65.5 Å². The molecule has 0 bridgehead atoms. The lowest BCUT2D eigenvalue weighted by molar-refractivity contribution is 0.332. The molecule has 2 aromatic rings. The zero-order chi connectivity index (χ0) is 19.5. The lowest BCUT2D eigenvalue weighted by atomic mass is 10.1. The van der Waals surface area contributed by atoms with E-state index in [1.165, 1.54) is 18.4 Å². The molecule has 27 heavy (non-hydrogen) atoms. The molecule has 0 fully saturated rings. The Hall–Kier alpha value is -2.34. The Morgan fingerprint density at radius 1 is 1.15 bits per heavy atom. The SMILES string of the molecule is CCCCN(C)CCNC(=NCc1coc(-c2ccc(C)cc2)n1)NCC. The number of aliphatic imine (C=N–C) groups is 1. The molecular formula is C21H33N5O. The molecule has 0 aliphatic carbocycles. The zero-order valence-electron chi connectivity index (χ0n) is 17.1. The van der Waals surface area contributed by atoms with E-state index in [1.54, 1.807) is 6.26 Å². The van der Waals surface area contributed by atoms with Crippen LogP contribution in [0.3, 0.4) is 0 Å². The molecule has 2 rings (SSSR count). The van der Waals surface area contributed by atoms with E-state index < -0.39 is 0 Å². The van der Waals surface area contributed by atoms with Crippen LogP contribution < -0.4 is 10.6 Å². The van der Waals surface area contributed by atoms with Gasteiger partial charge in [-0.2, -0.15) is 0 Å². The van der Waals surface area contributed by atoms with Crippen LogP contribution in [0.2, 0.25) is 0 Å². The highest BCUT2D eigenvalue weighted by Gasteiger charge is 2.07. The van der Waals surface area contributed by atoms with Crippen molar-refractivity contribution in [1.29, 1.82) is 0 Å². The number of benzene rings is 1. The summed E-state index contributed by atoms with van der Waals surface area (Å²) in [4.78, 5) is 11.5. The molecule has 0 spiro atoms. The summed E-state index contributed by atoms with van der Waals surface area (Å²) in [5.41, 5.74) is 3.02. The fraction of sp³-hybridized carbons (Fsp3) is 0.524. The van der Waals surface area contributed by atoms with Crippen LogP contribution in [0, 0.1) is 6.92 Å². The van der Waals surface area contributed by atoms with Crippen LogP contribution in [-0.2, 0) is 6.54 Å². The summed E-state index contributed by atoms with van der Waals surface area (Å²) in [6, 6.07) is 8.16. The van der Waals surface area contributed by atoms with Crippen molar-refractivity contribution in [3.05, 3.63) is 41.8 Å². The quantitative estimate of drug-likeness (QED) is 0.495. The summed E-state index contributed by atoms with van der Waals surface area (Å²) in [6.07, 6.45) is 4.14. The lowest BCUT2D eigenvalue weighted by Crippen LogP contribution is -2.41. The Bertz CT molecular complexity index is 693. The third-order valence-electron chi connectivity index (χ3n) is 4.27. The van der Waals surface area contributed by atoms with Crippen LogP contribution in [-0.4, -0.2) is 49.1 Å². The van der Waals surface area contributed by atoms with E-state index in [-0.39, 0.29) is 0 Å². The minimum atomic E-state index is 0.483. The van der Waals surface area contributed by atoms with E-state index in [0.717, 1.165) is 43.4 Å². The second-order valence-electron chi connectivity index (χ2n) is 6.79. The average molecular weight is 372 g/mol. The van der Waals surface area contributed by atoms with Crippen molar-refractivity contribution in [3.63, 3.8) is 0 Å². The first kappa shape index (κ1) is 21.0. The maximum absolute atomic E-state index is 5.61. The van der Waals surface area contributed by atoms with Gasteiger partial charge in [-0.1, -0.05) is 31.0 Å². The van der Waals surface area contributed by atoms with Crippen LogP contribution in [0.1, 0.15) is 37.9 Å². The predicted molar refractivity (Wildman–Crippen MR) is 112 cm³/mol. The summed E-state index contributed by atoms with van der Waals surface area (Å²) in [5.74, 6) is 1.44. The first-order valence-electron chi connectivity index (χ1n) is 9.84. The minimum Gasteiger partial charge on any atom is -0.444 e. The van der Waals surface area contributed by atoms with Gasteiger partial charge < -0.3 is 20.0 Å². The van der Waals surface area contributed by atoms with Gasteiger partial charge in [0.2, 0.25) is 5.89 Å². The number of unbranched alkanes of at least 4 members (excludes halogenated alkanes) is 1. The molecule has 0 saturated heterocycles. The van der Waals surface area contributed by atoms with Crippen LogP contribution >= 0.6 is 0 Å². The Kier molecular flexibility index (Phi) is 8.84. The number of rotatable bonds is 10. The second kappa shape index (κ2) is 11.4. The van der Waals surface area contributed by atoms with Gasteiger partial charge in [-0.3, -0.25) is 0 Å². The molecule has 0 aliphatic rings. The molecule has 1 heterocycles. The Morgan fingerprint density at radius 2 is 1.93 bits per heavy atom. The highest BCUT2D eigenvalue weighted by molar-refractivity contribution is 5.79. The third-order valence-corrected chi connectivity index (χ3v) is 4.27. The van der Waals surface area contributed by atoms with Crippen LogP contribution in [0.15, 0.2) is 39.9 Å². The van der Waals surface area contributed by atoms with Crippen LogP contribution in [0.5, 0.6) is 0 Å². The van der Waals surface area contributed by atoms with E-state index in [4.69, 9.17) is 4.42 Å². The van der Waals surface area contributed by atoms with Crippen LogP contribution in [0.4, 0.5) is 0 Å². The molecule has 0 atom stereocenters. The number of aromatic nitrogens is 1. The molecule has 148 valence electrons. The van der Waals surface area contributed by atoms with Crippen molar-refractivity contribution in [2.75, 3.05) is 33.2 Å². The molecule has 0 amide bonds. The maximum atomic E-state index is 5.61. The van der Waals surface area contributed by atoms with E-state index in [0.29, 0.717) is 12.4 Å². The van der Waals surface area contributed by atoms with E-state index in [9.17, 15) is 0 Å². The van der Waals surface area contributed by atoms with E-state index in [1.807, 2.05) is 12.1 Å². The van der Waals surface area contributed by atoms with Crippen molar-refractivity contribution in [2.24, 2.45) is 4.99 Å². The number of oxazole rings is 1. The molecular weight excluding hydrogens is 338 g/mol. The fourth-order valence-corrected chi connectivity index (χ4v) is 2.62. The first-order valence-corrected chi connectivity index (χ1v) is 9.84. The third kappa shape index (κ3) is 7.43. The van der Waals surface area contributed by atoms with Crippen molar-refractivity contribution in [1.82, 2.24) is 20.5 Å². The van der Waals surface area contributed by atoms with Crippen molar-refractivity contribution >= 4 is 5.96 Å². The van der Waals surface area contributed by atoms with Crippen molar-refractivity contribution < 1.29 is 4.42 Å². The molecule has 2 N–H and O–H groups in total. The number of hydrogen-bond acceptors (Lipinski definition) is 4. The number of nitrogens with zero attached hydrogens (tertiary/aromatic N) is 3.